The molecule has 0 radical (unpaired) electrons. The summed E-state index contributed by atoms with van der Waals surface area (Å²) in [5.74, 6) is -1.04. The highest BCUT2D eigenvalue weighted by Gasteiger charge is 2.32. The highest BCUT2D eigenvalue weighted by Crippen LogP contribution is 2.30. The van der Waals surface area contributed by atoms with Gasteiger partial charge in [-0.3, -0.25) is 19.7 Å². The van der Waals surface area contributed by atoms with Gasteiger partial charge in [0.2, 0.25) is 5.91 Å². The Kier molecular flexibility index (Phi) is 5.38. The van der Waals surface area contributed by atoms with Crippen molar-refractivity contribution < 1.29 is 19.2 Å². The van der Waals surface area contributed by atoms with Crippen LogP contribution >= 0.6 is 0 Å². The van der Waals surface area contributed by atoms with Crippen LogP contribution in [0.15, 0.2) is 18.2 Å². The van der Waals surface area contributed by atoms with E-state index in [1.807, 2.05) is 6.92 Å². The van der Waals surface area contributed by atoms with Crippen LogP contribution in [0.1, 0.15) is 37.0 Å². The third-order valence-electron chi connectivity index (χ3n) is 4.25. The number of primary amides is 1. The van der Waals surface area contributed by atoms with Crippen molar-refractivity contribution in [2.75, 3.05) is 13.2 Å². The maximum atomic E-state index is 12.7. The first-order valence-electron chi connectivity index (χ1n) is 7.86. The molecule has 130 valence electrons. The Balaban J connectivity index is 2.29. The van der Waals surface area contributed by atoms with Crippen LogP contribution in [0.5, 0.6) is 5.75 Å². The van der Waals surface area contributed by atoms with E-state index in [9.17, 15) is 19.7 Å². The third-order valence-corrected chi connectivity index (χ3v) is 4.25. The number of carbonyl (C=O) groups is 2. The second-order valence-corrected chi connectivity index (χ2v) is 5.86. The number of hydrogen-bond donors (Lipinski definition) is 1. The van der Waals surface area contributed by atoms with Gasteiger partial charge in [-0.2, -0.15) is 0 Å². The number of ether oxygens (including phenoxy) is 1. The lowest BCUT2D eigenvalue weighted by Gasteiger charge is -2.37. The van der Waals surface area contributed by atoms with Gasteiger partial charge in [-0.1, -0.05) is 0 Å². The van der Waals surface area contributed by atoms with Gasteiger partial charge >= 0.3 is 5.69 Å². The van der Waals surface area contributed by atoms with Crippen LogP contribution in [0, 0.1) is 16.0 Å². The van der Waals surface area contributed by atoms with Crippen molar-refractivity contribution in [2.45, 2.75) is 32.7 Å². The van der Waals surface area contributed by atoms with Gasteiger partial charge in [0.1, 0.15) is 0 Å². The van der Waals surface area contributed by atoms with Crippen LogP contribution in [0.25, 0.3) is 0 Å². The molecule has 0 aromatic heterocycles. The molecule has 1 aromatic carbocycles. The minimum Gasteiger partial charge on any atom is -0.487 e. The summed E-state index contributed by atoms with van der Waals surface area (Å²) in [4.78, 5) is 36.3. The van der Waals surface area contributed by atoms with Gasteiger partial charge in [-0.15, -0.1) is 0 Å². The maximum absolute atomic E-state index is 12.7. The summed E-state index contributed by atoms with van der Waals surface area (Å²) >= 11 is 0. The first-order valence-corrected chi connectivity index (χ1v) is 7.86. The van der Waals surface area contributed by atoms with Crippen molar-refractivity contribution in [2.24, 2.45) is 11.7 Å². The molecule has 0 unspecified atom stereocenters. The number of amides is 2. The van der Waals surface area contributed by atoms with Gasteiger partial charge in [0, 0.05) is 24.2 Å². The molecule has 0 spiro atoms. The number of piperidine rings is 1. The maximum Gasteiger partial charge on any atom is 0.311 e. The van der Waals surface area contributed by atoms with E-state index in [4.69, 9.17) is 10.5 Å². The number of likely N-dealkylation sites (tertiary alicyclic amines) is 1. The monoisotopic (exact) mass is 335 g/mol. The summed E-state index contributed by atoms with van der Waals surface area (Å²) in [5, 5.41) is 11.2. The van der Waals surface area contributed by atoms with Gasteiger partial charge in [0.05, 0.1) is 17.4 Å². The predicted octanol–water partition coefficient (Wildman–Crippen LogP) is 1.72. The van der Waals surface area contributed by atoms with Gasteiger partial charge in [0.15, 0.2) is 5.75 Å². The molecule has 1 fully saturated rings. The summed E-state index contributed by atoms with van der Waals surface area (Å²) < 4.78 is 5.22. The molecule has 1 saturated heterocycles. The third kappa shape index (κ3) is 3.64. The van der Waals surface area contributed by atoms with Crippen LogP contribution in [0.4, 0.5) is 5.69 Å². The smallest absolute Gasteiger partial charge is 0.311 e. The van der Waals surface area contributed by atoms with E-state index in [0.717, 1.165) is 0 Å². The zero-order chi connectivity index (χ0) is 17.9. The van der Waals surface area contributed by atoms with Gasteiger partial charge in [-0.05, 0) is 38.8 Å². The molecule has 1 heterocycles. The largest absolute Gasteiger partial charge is 0.487 e. The van der Waals surface area contributed by atoms with Gasteiger partial charge in [-0.25, -0.2) is 0 Å². The quantitative estimate of drug-likeness (QED) is 0.649. The molecule has 2 amide bonds. The summed E-state index contributed by atoms with van der Waals surface area (Å²) in [6.45, 7) is 4.13. The topological polar surface area (TPSA) is 116 Å². The highest BCUT2D eigenvalue weighted by atomic mass is 16.6. The van der Waals surface area contributed by atoms with Crippen molar-refractivity contribution in [1.29, 1.82) is 0 Å². The Hall–Kier alpha value is -2.64. The molecule has 1 aliphatic heterocycles. The second-order valence-electron chi connectivity index (χ2n) is 5.86. The van der Waals surface area contributed by atoms with Crippen molar-refractivity contribution in [1.82, 2.24) is 4.90 Å². The summed E-state index contributed by atoms with van der Waals surface area (Å²) in [6.07, 6.45) is 1.31. The minimum absolute atomic E-state index is 0.0567. The summed E-state index contributed by atoms with van der Waals surface area (Å²) in [5.41, 5.74) is 5.29. The van der Waals surface area contributed by atoms with E-state index < -0.39 is 10.8 Å². The van der Waals surface area contributed by atoms with Gasteiger partial charge in [0.25, 0.3) is 5.91 Å². The first kappa shape index (κ1) is 17.7. The number of carbonyl (C=O) groups excluding carboxylic acids is 2. The van der Waals surface area contributed by atoms with Crippen molar-refractivity contribution in [3.63, 3.8) is 0 Å². The number of rotatable bonds is 5. The normalized spacial score (nSPS) is 20.5. The van der Waals surface area contributed by atoms with E-state index in [-0.39, 0.29) is 48.0 Å². The molecule has 0 bridgehead atoms. The molecule has 2 N–H and O–H groups in total. The standard InChI is InChI=1S/C16H21N3O5/c1-3-24-14-7-6-11(8-13(14)19(22)23)16(21)18-9-12(15(17)20)5-4-10(18)2/h6-8,10,12H,3-5,9H2,1-2H3,(H2,17,20)/t10-,12-/m0/s1. The highest BCUT2D eigenvalue weighted by molar-refractivity contribution is 5.96. The molecule has 24 heavy (non-hydrogen) atoms. The number of benzene rings is 1. The van der Waals surface area contributed by atoms with Crippen LogP contribution in [0.2, 0.25) is 0 Å². The zero-order valence-corrected chi connectivity index (χ0v) is 13.7. The van der Waals surface area contributed by atoms with Crippen molar-refractivity contribution >= 4 is 17.5 Å². The Labute approximate surface area is 139 Å². The molecular weight excluding hydrogens is 314 g/mol. The molecule has 1 aliphatic rings. The van der Waals surface area contributed by atoms with Gasteiger partial charge < -0.3 is 15.4 Å². The molecule has 2 rings (SSSR count). The fourth-order valence-electron chi connectivity index (χ4n) is 2.86. The Morgan fingerprint density at radius 1 is 1.42 bits per heavy atom. The van der Waals surface area contributed by atoms with Crippen molar-refractivity contribution in [3.8, 4) is 5.75 Å². The van der Waals surface area contributed by atoms with Crippen LogP contribution < -0.4 is 10.5 Å². The molecule has 8 nitrogen and oxygen atoms in total. The zero-order valence-electron chi connectivity index (χ0n) is 13.7. The SMILES string of the molecule is CCOc1ccc(C(=O)N2C[C@@H](C(N)=O)CC[C@@H]2C)cc1[N+](=O)[O-]. The number of hydrogen-bond acceptors (Lipinski definition) is 5. The molecule has 1 aromatic rings. The van der Waals surface area contributed by atoms with Crippen LogP contribution in [-0.4, -0.2) is 40.8 Å². The fraction of sp³-hybridized carbons (Fsp3) is 0.500. The first-order chi connectivity index (χ1) is 11.3. The molecule has 0 aliphatic carbocycles. The number of nitro groups is 1. The van der Waals surface area contributed by atoms with E-state index >= 15 is 0 Å². The lowest BCUT2D eigenvalue weighted by molar-refractivity contribution is -0.385. The summed E-state index contributed by atoms with van der Waals surface area (Å²) in [6, 6.07) is 4.09. The van der Waals surface area contributed by atoms with Crippen LogP contribution in [-0.2, 0) is 4.79 Å². The van der Waals surface area contributed by atoms with Crippen LogP contribution in [0.3, 0.4) is 0 Å². The minimum atomic E-state index is -0.576. The average Bonchev–Trinajstić information content (AvgIpc) is 2.54. The number of nitrogens with two attached hydrogens (primary N) is 1. The lowest BCUT2D eigenvalue weighted by atomic mass is 9.92. The number of nitrogens with zero attached hydrogens (tertiary/aromatic N) is 2. The Bertz CT molecular complexity index is 661. The molecule has 2 atom stereocenters. The lowest BCUT2D eigenvalue weighted by Crippen LogP contribution is -2.48. The van der Waals surface area contributed by atoms with E-state index in [2.05, 4.69) is 0 Å². The molecule has 8 heteroatoms. The fourth-order valence-corrected chi connectivity index (χ4v) is 2.86. The molecular formula is C16H21N3O5. The Morgan fingerprint density at radius 2 is 2.12 bits per heavy atom. The second kappa shape index (κ2) is 7.29. The molecule has 0 saturated carbocycles. The average molecular weight is 335 g/mol. The van der Waals surface area contributed by atoms with Crippen molar-refractivity contribution in [3.05, 3.63) is 33.9 Å². The predicted molar refractivity (Wildman–Crippen MR) is 86.7 cm³/mol. The Morgan fingerprint density at radius 3 is 2.71 bits per heavy atom. The summed E-state index contributed by atoms with van der Waals surface area (Å²) in [7, 11) is 0. The number of nitro benzene ring substituents is 1. The van der Waals surface area contributed by atoms with E-state index in [0.29, 0.717) is 12.8 Å². The van der Waals surface area contributed by atoms with E-state index in [1.54, 1.807) is 11.8 Å². The van der Waals surface area contributed by atoms with E-state index in [1.165, 1.54) is 18.2 Å².